The van der Waals surface area contributed by atoms with Crippen LogP contribution in [0.5, 0.6) is 0 Å². The quantitative estimate of drug-likeness (QED) is 0.852. The van der Waals surface area contributed by atoms with Crippen LogP contribution in [0.2, 0.25) is 0 Å². The third-order valence-electron chi connectivity index (χ3n) is 5.09. The molecule has 0 saturated heterocycles. The average Bonchev–Trinajstić information content (AvgIpc) is 2.88. The van der Waals surface area contributed by atoms with E-state index in [2.05, 4.69) is 66.9 Å². The molecule has 1 aromatic heterocycles. The van der Waals surface area contributed by atoms with Crippen LogP contribution in [0.3, 0.4) is 0 Å². The Morgan fingerprint density at radius 1 is 1.22 bits per heavy atom. The monoisotopic (exact) mass is 368 g/mol. The zero-order chi connectivity index (χ0) is 19.4. The molecule has 0 bridgehead atoms. The van der Waals surface area contributed by atoms with Crippen LogP contribution in [0, 0.1) is 19.8 Å². The Bertz CT molecular complexity index is 794. The maximum atomic E-state index is 12.4. The van der Waals surface area contributed by atoms with Gasteiger partial charge in [-0.1, -0.05) is 37.6 Å². The first-order chi connectivity index (χ1) is 12.9. The van der Waals surface area contributed by atoms with E-state index in [1.54, 1.807) is 0 Å². The molecule has 146 valence electrons. The van der Waals surface area contributed by atoms with Crippen LogP contribution in [-0.4, -0.2) is 33.7 Å². The molecule has 0 radical (unpaired) electrons. The van der Waals surface area contributed by atoms with Gasteiger partial charge in [-0.2, -0.15) is 5.10 Å². The van der Waals surface area contributed by atoms with Crippen molar-refractivity contribution in [1.82, 2.24) is 20.0 Å². The summed E-state index contributed by atoms with van der Waals surface area (Å²) in [4.78, 5) is 14.9. The number of benzene rings is 1. The van der Waals surface area contributed by atoms with Gasteiger partial charge < -0.3 is 5.32 Å². The third kappa shape index (κ3) is 5.42. The van der Waals surface area contributed by atoms with Crippen LogP contribution in [0.4, 0.5) is 0 Å². The summed E-state index contributed by atoms with van der Waals surface area (Å²) in [6.45, 7) is 13.3. The fraction of sp³-hybridized carbons (Fsp3) is 0.545. The normalized spacial score (nSPS) is 14.9. The summed E-state index contributed by atoms with van der Waals surface area (Å²) in [6.07, 6.45) is 1.54. The van der Waals surface area contributed by atoms with E-state index in [9.17, 15) is 4.79 Å². The predicted molar refractivity (Wildman–Crippen MR) is 108 cm³/mol. The summed E-state index contributed by atoms with van der Waals surface area (Å²) in [7, 11) is 0. The Morgan fingerprint density at radius 3 is 2.81 bits per heavy atom. The SMILES string of the molecule is Cc1ccc(C)c(CC(=O)NCc2cc3n(n2)CCCN(CC(C)C)C3)c1. The summed E-state index contributed by atoms with van der Waals surface area (Å²) in [6, 6.07) is 8.40. The van der Waals surface area contributed by atoms with Gasteiger partial charge in [0, 0.05) is 26.2 Å². The minimum atomic E-state index is 0.0494. The highest BCUT2D eigenvalue weighted by Crippen LogP contribution is 2.15. The Balaban J connectivity index is 1.57. The standard InChI is InChI=1S/C22H32N4O/c1-16(2)14-25-8-5-9-26-21(15-25)12-20(24-26)13-23-22(27)11-19-10-17(3)6-7-18(19)4/h6-7,10,12,16H,5,8-9,11,13-15H2,1-4H3,(H,23,27). The van der Waals surface area contributed by atoms with Crippen LogP contribution in [0.15, 0.2) is 24.3 Å². The lowest BCUT2D eigenvalue weighted by atomic mass is 10.0. The number of hydrogen-bond acceptors (Lipinski definition) is 3. The fourth-order valence-electron chi connectivity index (χ4n) is 3.76. The third-order valence-corrected chi connectivity index (χ3v) is 5.09. The van der Waals surface area contributed by atoms with E-state index >= 15 is 0 Å². The van der Waals surface area contributed by atoms with E-state index in [1.807, 2.05) is 0 Å². The van der Waals surface area contributed by atoms with Crippen LogP contribution in [0.1, 0.15) is 48.3 Å². The highest BCUT2D eigenvalue weighted by molar-refractivity contribution is 5.78. The molecule has 1 aliphatic rings. The molecule has 0 saturated carbocycles. The highest BCUT2D eigenvalue weighted by atomic mass is 16.1. The minimum absolute atomic E-state index is 0.0494. The van der Waals surface area contributed by atoms with Gasteiger partial charge in [0.15, 0.2) is 0 Å². The van der Waals surface area contributed by atoms with E-state index in [0.717, 1.165) is 49.4 Å². The molecule has 2 heterocycles. The van der Waals surface area contributed by atoms with Gasteiger partial charge in [0.05, 0.1) is 24.4 Å². The molecular formula is C22H32N4O. The lowest BCUT2D eigenvalue weighted by Gasteiger charge is -2.21. The van der Waals surface area contributed by atoms with Crippen LogP contribution >= 0.6 is 0 Å². The number of nitrogens with one attached hydrogen (secondary N) is 1. The van der Waals surface area contributed by atoms with E-state index in [0.29, 0.717) is 18.9 Å². The van der Waals surface area contributed by atoms with Gasteiger partial charge in [-0.25, -0.2) is 0 Å². The van der Waals surface area contributed by atoms with Crippen molar-refractivity contribution in [2.24, 2.45) is 5.92 Å². The Kier molecular flexibility index (Phi) is 6.32. The number of carbonyl (C=O) groups is 1. The van der Waals surface area contributed by atoms with Crippen molar-refractivity contribution in [2.75, 3.05) is 13.1 Å². The number of rotatable bonds is 6. The van der Waals surface area contributed by atoms with Gasteiger partial charge >= 0.3 is 0 Å². The number of fused-ring (bicyclic) bond motifs is 1. The molecule has 0 atom stereocenters. The largest absolute Gasteiger partial charge is 0.350 e. The van der Waals surface area contributed by atoms with Crippen molar-refractivity contribution >= 4 is 5.91 Å². The Labute approximate surface area is 162 Å². The van der Waals surface area contributed by atoms with Gasteiger partial charge in [0.25, 0.3) is 0 Å². The lowest BCUT2D eigenvalue weighted by Crippen LogP contribution is -2.27. The van der Waals surface area contributed by atoms with Crippen LogP contribution in [-0.2, 0) is 30.8 Å². The van der Waals surface area contributed by atoms with Crippen molar-refractivity contribution in [3.8, 4) is 0 Å². The minimum Gasteiger partial charge on any atom is -0.350 e. The molecule has 5 nitrogen and oxygen atoms in total. The number of hydrogen-bond donors (Lipinski definition) is 1. The first kappa shape index (κ1) is 19.6. The maximum Gasteiger partial charge on any atom is 0.224 e. The first-order valence-corrected chi connectivity index (χ1v) is 10.0. The van der Waals surface area contributed by atoms with E-state index < -0.39 is 0 Å². The van der Waals surface area contributed by atoms with Gasteiger partial charge in [-0.3, -0.25) is 14.4 Å². The molecule has 0 aliphatic carbocycles. The van der Waals surface area contributed by atoms with Gasteiger partial charge in [-0.15, -0.1) is 0 Å². The smallest absolute Gasteiger partial charge is 0.224 e. The molecule has 0 unspecified atom stereocenters. The van der Waals surface area contributed by atoms with Crippen molar-refractivity contribution < 1.29 is 4.79 Å². The number of aryl methyl sites for hydroxylation is 3. The van der Waals surface area contributed by atoms with Gasteiger partial charge in [-0.05, 0) is 43.4 Å². The zero-order valence-electron chi connectivity index (χ0n) is 17.1. The molecule has 2 aromatic rings. The Hall–Kier alpha value is -2.14. The van der Waals surface area contributed by atoms with Crippen LogP contribution < -0.4 is 5.32 Å². The van der Waals surface area contributed by atoms with Crippen LogP contribution in [0.25, 0.3) is 0 Å². The summed E-state index contributed by atoms with van der Waals surface area (Å²) in [5, 5.41) is 7.74. The highest BCUT2D eigenvalue weighted by Gasteiger charge is 2.17. The molecule has 1 aliphatic heterocycles. The summed E-state index contributed by atoms with van der Waals surface area (Å²) >= 11 is 0. The molecule has 3 rings (SSSR count). The van der Waals surface area contributed by atoms with Crippen molar-refractivity contribution in [3.05, 3.63) is 52.3 Å². The summed E-state index contributed by atoms with van der Waals surface area (Å²) in [5.74, 6) is 0.719. The molecular weight excluding hydrogens is 336 g/mol. The number of aromatic nitrogens is 2. The second-order valence-corrected chi connectivity index (χ2v) is 8.22. The van der Waals surface area contributed by atoms with Gasteiger partial charge in [0.2, 0.25) is 5.91 Å². The fourth-order valence-corrected chi connectivity index (χ4v) is 3.76. The first-order valence-electron chi connectivity index (χ1n) is 10.0. The van der Waals surface area contributed by atoms with E-state index in [4.69, 9.17) is 5.10 Å². The maximum absolute atomic E-state index is 12.4. The van der Waals surface area contributed by atoms with Crippen molar-refractivity contribution in [2.45, 2.75) is 60.2 Å². The molecule has 0 fully saturated rings. The van der Waals surface area contributed by atoms with Crippen molar-refractivity contribution in [1.29, 1.82) is 0 Å². The molecule has 0 spiro atoms. The molecule has 1 N–H and O–H groups in total. The molecule has 5 heteroatoms. The number of amides is 1. The zero-order valence-corrected chi connectivity index (χ0v) is 17.1. The predicted octanol–water partition coefficient (Wildman–Crippen LogP) is 3.22. The second kappa shape index (κ2) is 8.70. The number of nitrogens with zero attached hydrogens (tertiary/aromatic N) is 3. The average molecular weight is 369 g/mol. The lowest BCUT2D eigenvalue weighted by molar-refractivity contribution is -0.120. The number of carbonyl (C=O) groups excluding carboxylic acids is 1. The second-order valence-electron chi connectivity index (χ2n) is 8.22. The molecule has 27 heavy (non-hydrogen) atoms. The topological polar surface area (TPSA) is 50.2 Å². The summed E-state index contributed by atoms with van der Waals surface area (Å²) in [5.41, 5.74) is 5.65. The summed E-state index contributed by atoms with van der Waals surface area (Å²) < 4.78 is 2.12. The molecule has 1 amide bonds. The van der Waals surface area contributed by atoms with E-state index in [-0.39, 0.29) is 5.91 Å². The molecule has 1 aromatic carbocycles. The van der Waals surface area contributed by atoms with E-state index in [1.165, 1.54) is 11.3 Å². The van der Waals surface area contributed by atoms with Crippen molar-refractivity contribution in [3.63, 3.8) is 0 Å². The van der Waals surface area contributed by atoms with Gasteiger partial charge in [0.1, 0.15) is 0 Å². The Morgan fingerprint density at radius 2 is 2.04 bits per heavy atom.